The topological polar surface area (TPSA) is 86.8 Å². The number of carbonyl (C=O) groups excluding carboxylic acids is 2. The van der Waals surface area contributed by atoms with Gasteiger partial charge in [-0.1, -0.05) is 31.2 Å². The van der Waals surface area contributed by atoms with Crippen LogP contribution in [0.15, 0.2) is 53.9 Å². The lowest BCUT2D eigenvalue weighted by molar-refractivity contribution is -0.124. The number of ether oxygens (including phenoxy) is 3. The van der Waals surface area contributed by atoms with Gasteiger partial charge in [0, 0.05) is 10.9 Å². The van der Waals surface area contributed by atoms with Crippen LogP contribution >= 0.6 is 11.3 Å². The van der Waals surface area contributed by atoms with Crippen LogP contribution < -0.4 is 14.8 Å². The van der Waals surface area contributed by atoms with Crippen LogP contribution in [0.25, 0.3) is 10.6 Å². The molecule has 32 heavy (non-hydrogen) atoms. The Kier molecular flexibility index (Phi) is 8.62. The molecular weight excluding hydrogens is 428 g/mol. The van der Waals surface area contributed by atoms with Crippen molar-refractivity contribution in [3.05, 3.63) is 65.2 Å². The van der Waals surface area contributed by atoms with Crippen molar-refractivity contribution in [1.29, 1.82) is 0 Å². The Bertz CT molecular complexity index is 1020. The molecule has 1 amide bonds. The van der Waals surface area contributed by atoms with Crippen molar-refractivity contribution in [3.8, 4) is 22.1 Å². The molecule has 0 aliphatic heterocycles. The van der Waals surface area contributed by atoms with Crippen molar-refractivity contribution in [1.82, 2.24) is 10.3 Å². The number of benzene rings is 2. The second kappa shape index (κ2) is 11.9. The molecule has 7 nitrogen and oxygen atoms in total. The van der Waals surface area contributed by atoms with E-state index < -0.39 is 11.9 Å². The molecule has 0 fully saturated rings. The highest BCUT2D eigenvalue weighted by molar-refractivity contribution is 7.13. The molecule has 0 bridgehead atoms. The average molecular weight is 455 g/mol. The Morgan fingerprint density at radius 3 is 2.31 bits per heavy atom. The van der Waals surface area contributed by atoms with Crippen LogP contribution in [0.5, 0.6) is 11.5 Å². The molecule has 0 radical (unpaired) electrons. The lowest BCUT2D eigenvalue weighted by Gasteiger charge is -2.09. The van der Waals surface area contributed by atoms with Crippen LogP contribution in [0.1, 0.15) is 29.9 Å². The molecule has 1 aromatic heterocycles. The van der Waals surface area contributed by atoms with Gasteiger partial charge in [-0.3, -0.25) is 4.79 Å². The zero-order valence-corrected chi connectivity index (χ0v) is 18.9. The lowest BCUT2D eigenvalue weighted by Crippen LogP contribution is -2.32. The number of nitrogens with one attached hydrogen (secondary N) is 1. The monoisotopic (exact) mass is 454 g/mol. The third-order valence-corrected chi connectivity index (χ3v) is 5.38. The van der Waals surface area contributed by atoms with E-state index in [1.165, 1.54) is 16.9 Å². The smallest absolute Gasteiger partial charge is 0.358 e. The number of aryl methyl sites for hydroxylation is 1. The fourth-order valence-corrected chi connectivity index (χ4v) is 3.59. The Balaban J connectivity index is 1.37. The third kappa shape index (κ3) is 6.81. The number of esters is 1. The maximum absolute atomic E-state index is 12.2. The summed E-state index contributed by atoms with van der Waals surface area (Å²) < 4.78 is 16.0. The van der Waals surface area contributed by atoms with Gasteiger partial charge >= 0.3 is 5.97 Å². The van der Waals surface area contributed by atoms with Crippen LogP contribution in [0.4, 0.5) is 0 Å². The molecule has 3 rings (SSSR count). The lowest BCUT2D eigenvalue weighted by atomic mass is 10.1. The summed E-state index contributed by atoms with van der Waals surface area (Å²) in [7, 11) is 0. The first-order chi connectivity index (χ1) is 15.6. The molecule has 0 saturated carbocycles. The van der Waals surface area contributed by atoms with Gasteiger partial charge in [0.25, 0.3) is 5.91 Å². The van der Waals surface area contributed by atoms with Crippen molar-refractivity contribution >= 4 is 23.2 Å². The molecule has 0 aliphatic carbocycles. The zero-order chi connectivity index (χ0) is 22.8. The van der Waals surface area contributed by atoms with E-state index in [0.717, 1.165) is 22.7 Å². The number of hydrogen-bond donors (Lipinski definition) is 1. The number of carbonyl (C=O) groups is 2. The zero-order valence-electron chi connectivity index (χ0n) is 18.1. The van der Waals surface area contributed by atoms with Crippen molar-refractivity contribution in [2.45, 2.75) is 20.3 Å². The minimum atomic E-state index is -0.626. The molecule has 0 spiro atoms. The second-order valence-corrected chi connectivity index (χ2v) is 7.63. The van der Waals surface area contributed by atoms with Gasteiger partial charge in [0.1, 0.15) is 23.1 Å². The van der Waals surface area contributed by atoms with E-state index in [-0.39, 0.29) is 18.8 Å². The fourth-order valence-electron chi connectivity index (χ4n) is 2.80. The van der Waals surface area contributed by atoms with Gasteiger partial charge in [-0.2, -0.15) is 0 Å². The van der Waals surface area contributed by atoms with E-state index in [4.69, 9.17) is 14.2 Å². The van der Waals surface area contributed by atoms with E-state index in [2.05, 4.69) is 17.2 Å². The fraction of sp³-hybridized carbons (Fsp3) is 0.292. The summed E-state index contributed by atoms with van der Waals surface area (Å²) in [4.78, 5) is 28.4. The summed E-state index contributed by atoms with van der Waals surface area (Å²) in [6.45, 7) is 4.83. The molecule has 1 heterocycles. The average Bonchev–Trinajstić information content (AvgIpc) is 3.32. The van der Waals surface area contributed by atoms with E-state index in [1.807, 2.05) is 43.3 Å². The van der Waals surface area contributed by atoms with Gasteiger partial charge in [0.2, 0.25) is 0 Å². The molecule has 3 aromatic rings. The number of rotatable bonds is 11. The summed E-state index contributed by atoms with van der Waals surface area (Å²) in [5.41, 5.74) is 2.37. The normalized spacial score (nSPS) is 10.4. The second-order valence-electron chi connectivity index (χ2n) is 6.77. The molecule has 2 aromatic carbocycles. The van der Waals surface area contributed by atoms with Crippen LogP contribution in [0.3, 0.4) is 0 Å². The minimum absolute atomic E-state index is 0.191. The molecule has 0 saturated heterocycles. The Hall–Kier alpha value is -3.39. The number of amides is 1. The molecule has 168 valence electrons. The first-order valence-electron chi connectivity index (χ1n) is 10.4. The Morgan fingerprint density at radius 1 is 0.969 bits per heavy atom. The molecule has 8 heteroatoms. The first-order valence-corrected chi connectivity index (χ1v) is 11.3. The van der Waals surface area contributed by atoms with Gasteiger partial charge in [0.15, 0.2) is 12.3 Å². The molecule has 1 N–H and O–H groups in total. The number of hydrogen-bond acceptors (Lipinski definition) is 7. The van der Waals surface area contributed by atoms with Crippen LogP contribution in [-0.2, 0) is 16.0 Å². The highest BCUT2D eigenvalue weighted by Gasteiger charge is 2.15. The Morgan fingerprint density at radius 2 is 1.66 bits per heavy atom. The summed E-state index contributed by atoms with van der Waals surface area (Å²) in [5, 5.41) is 5.01. The van der Waals surface area contributed by atoms with Crippen molar-refractivity contribution < 1.29 is 23.8 Å². The van der Waals surface area contributed by atoms with Crippen LogP contribution in [0, 0.1) is 0 Å². The molecular formula is C24H26N2O5S. The Labute approximate surface area is 191 Å². The molecule has 0 aliphatic rings. The van der Waals surface area contributed by atoms with Gasteiger partial charge in [0.05, 0.1) is 13.2 Å². The molecule has 0 atom stereocenters. The quantitative estimate of drug-likeness (QED) is 0.346. The SMILES string of the molecule is CCOc1ccc(OCCNC(=O)COC(=O)c2csc(-c3ccc(CC)cc3)n2)cc1. The number of thiazole rings is 1. The maximum Gasteiger partial charge on any atom is 0.358 e. The third-order valence-electron chi connectivity index (χ3n) is 4.48. The summed E-state index contributed by atoms with van der Waals surface area (Å²) in [5.74, 6) is 0.423. The summed E-state index contributed by atoms with van der Waals surface area (Å²) >= 11 is 1.36. The van der Waals surface area contributed by atoms with Crippen molar-refractivity contribution in [3.63, 3.8) is 0 Å². The van der Waals surface area contributed by atoms with Crippen LogP contribution in [0.2, 0.25) is 0 Å². The predicted octanol–water partition coefficient (Wildman–Crippen LogP) is 4.12. The highest BCUT2D eigenvalue weighted by Crippen LogP contribution is 2.24. The number of nitrogens with zero attached hydrogens (tertiary/aromatic N) is 1. The minimum Gasteiger partial charge on any atom is -0.494 e. The van der Waals surface area contributed by atoms with Gasteiger partial charge in [-0.15, -0.1) is 11.3 Å². The summed E-state index contributed by atoms with van der Waals surface area (Å²) in [6.07, 6.45) is 0.964. The predicted molar refractivity (Wildman–Crippen MR) is 123 cm³/mol. The molecule has 0 unspecified atom stereocenters. The van der Waals surface area contributed by atoms with Crippen LogP contribution in [-0.4, -0.2) is 43.2 Å². The van der Waals surface area contributed by atoms with Crippen molar-refractivity contribution in [2.75, 3.05) is 26.4 Å². The van der Waals surface area contributed by atoms with Gasteiger partial charge < -0.3 is 19.5 Å². The van der Waals surface area contributed by atoms with Gasteiger partial charge in [-0.05, 0) is 43.2 Å². The van der Waals surface area contributed by atoms with E-state index >= 15 is 0 Å². The summed E-state index contributed by atoms with van der Waals surface area (Å²) in [6, 6.07) is 15.3. The van der Waals surface area contributed by atoms with Crippen molar-refractivity contribution in [2.24, 2.45) is 0 Å². The largest absolute Gasteiger partial charge is 0.494 e. The standard InChI is InChI=1S/C24H26N2O5S/c1-3-17-5-7-18(8-6-17)23-26-21(16-32-23)24(28)31-15-22(27)25-13-14-30-20-11-9-19(10-12-20)29-4-2/h5-12,16H,3-4,13-15H2,1-2H3,(H,25,27). The number of aromatic nitrogens is 1. The first kappa shape index (κ1) is 23.3. The van der Waals surface area contributed by atoms with Gasteiger partial charge in [-0.25, -0.2) is 9.78 Å². The van der Waals surface area contributed by atoms with E-state index in [9.17, 15) is 9.59 Å². The van der Waals surface area contributed by atoms with E-state index in [1.54, 1.807) is 17.5 Å². The van der Waals surface area contributed by atoms with E-state index in [0.29, 0.717) is 19.0 Å². The maximum atomic E-state index is 12.2. The highest BCUT2D eigenvalue weighted by atomic mass is 32.1.